The summed E-state index contributed by atoms with van der Waals surface area (Å²) >= 11 is 0. The number of unbranched alkanes of at least 4 members (excludes halogenated alkanes) is 2. The van der Waals surface area contributed by atoms with Crippen LogP contribution in [0.25, 0.3) is 0 Å². The van der Waals surface area contributed by atoms with Crippen LogP contribution in [0.2, 0.25) is 0 Å². The zero-order chi connectivity index (χ0) is 16.5. The first-order chi connectivity index (χ1) is 10.4. The third kappa shape index (κ3) is 6.51. The van der Waals surface area contributed by atoms with Crippen LogP contribution in [0.3, 0.4) is 0 Å². The van der Waals surface area contributed by atoms with Crippen molar-refractivity contribution in [1.82, 2.24) is 15.5 Å². The molecule has 0 unspecified atom stereocenters. The molecule has 1 aliphatic heterocycles. The molecule has 0 aromatic carbocycles. The molecular weight excluding hydrogens is 286 g/mol. The average Bonchev–Trinajstić information content (AvgIpc) is 2.75. The smallest absolute Gasteiger partial charge is 0.253 e. The van der Waals surface area contributed by atoms with Crippen molar-refractivity contribution < 1.29 is 19.2 Å². The molecule has 122 valence electrons. The molecule has 0 radical (unpaired) electrons. The van der Waals surface area contributed by atoms with Gasteiger partial charge in [-0.05, 0) is 26.7 Å². The number of rotatable bonds is 9. The highest BCUT2D eigenvalue weighted by Gasteiger charge is 2.22. The lowest BCUT2D eigenvalue weighted by molar-refractivity contribution is -0.137. The summed E-state index contributed by atoms with van der Waals surface area (Å²) in [5.41, 5.74) is 0. The van der Waals surface area contributed by atoms with Crippen molar-refractivity contribution in [2.24, 2.45) is 0 Å². The highest BCUT2D eigenvalue weighted by Crippen LogP contribution is 2.07. The number of hydrogen-bond donors (Lipinski definition) is 2. The molecule has 1 aliphatic rings. The summed E-state index contributed by atoms with van der Waals surface area (Å²) in [6.45, 7) is 4.07. The van der Waals surface area contributed by atoms with Gasteiger partial charge in [-0.25, -0.2) is 0 Å². The summed E-state index contributed by atoms with van der Waals surface area (Å²) in [4.78, 5) is 46.7. The number of nitrogens with zero attached hydrogens (tertiary/aromatic N) is 1. The van der Waals surface area contributed by atoms with Gasteiger partial charge in [0.2, 0.25) is 11.8 Å². The largest absolute Gasteiger partial charge is 0.352 e. The number of carbonyl (C=O) groups is 4. The number of imide groups is 1. The maximum absolute atomic E-state index is 11.5. The zero-order valence-electron chi connectivity index (χ0n) is 13.1. The van der Waals surface area contributed by atoms with Crippen LogP contribution < -0.4 is 10.6 Å². The Morgan fingerprint density at radius 2 is 1.68 bits per heavy atom. The minimum absolute atomic E-state index is 0.0144. The molecule has 0 aromatic rings. The standard InChI is InChI=1S/C15H23N3O4/c1-11(2)17-13(20)10-16-12(19)6-4-3-5-9-18-14(21)7-8-15(18)22/h7-8,11H,3-6,9-10H2,1-2H3,(H,16,19)(H,17,20). The van der Waals surface area contributed by atoms with Crippen molar-refractivity contribution in [3.63, 3.8) is 0 Å². The summed E-state index contributed by atoms with van der Waals surface area (Å²) in [5.74, 6) is -0.936. The van der Waals surface area contributed by atoms with Crippen LogP contribution in [-0.4, -0.2) is 47.7 Å². The third-order valence-electron chi connectivity index (χ3n) is 3.08. The van der Waals surface area contributed by atoms with Gasteiger partial charge < -0.3 is 10.6 Å². The van der Waals surface area contributed by atoms with Gasteiger partial charge >= 0.3 is 0 Å². The second-order valence-corrected chi connectivity index (χ2v) is 5.47. The fourth-order valence-corrected chi connectivity index (χ4v) is 2.02. The van der Waals surface area contributed by atoms with E-state index in [2.05, 4.69) is 10.6 Å². The Bertz CT molecular complexity index is 453. The first-order valence-corrected chi connectivity index (χ1v) is 7.49. The second kappa shape index (κ2) is 8.96. The van der Waals surface area contributed by atoms with Crippen LogP contribution >= 0.6 is 0 Å². The Morgan fingerprint density at radius 1 is 1.05 bits per heavy atom. The Morgan fingerprint density at radius 3 is 2.27 bits per heavy atom. The van der Waals surface area contributed by atoms with E-state index in [9.17, 15) is 19.2 Å². The van der Waals surface area contributed by atoms with E-state index in [4.69, 9.17) is 0 Å². The normalized spacial score (nSPS) is 13.9. The van der Waals surface area contributed by atoms with Crippen molar-refractivity contribution in [2.45, 2.75) is 45.6 Å². The van der Waals surface area contributed by atoms with Crippen LogP contribution in [0.5, 0.6) is 0 Å². The van der Waals surface area contributed by atoms with Crippen molar-refractivity contribution in [1.29, 1.82) is 0 Å². The number of hydrogen-bond acceptors (Lipinski definition) is 4. The molecule has 1 heterocycles. The van der Waals surface area contributed by atoms with Gasteiger partial charge in [0.1, 0.15) is 0 Å². The maximum Gasteiger partial charge on any atom is 0.253 e. The molecule has 22 heavy (non-hydrogen) atoms. The summed E-state index contributed by atoms with van der Waals surface area (Å²) < 4.78 is 0. The highest BCUT2D eigenvalue weighted by molar-refractivity contribution is 6.12. The van der Waals surface area contributed by atoms with Gasteiger partial charge in [-0.2, -0.15) is 0 Å². The molecular formula is C15H23N3O4. The van der Waals surface area contributed by atoms with E-state index in [0.29, 0.717) is 25.8 Å². The van der Waals surface area contributed by atoms with Crippen molar-refractivity contribution in [3.05, 3.63) is 12.2 Å². The number of nitrogens with one attached hydrogen (secondary N) is 2. The summed E-state index contributed by atoms with van der Waals surface area (Å²) in [6, 6.07) is 0.0508. The van der Waals surface area contributed by atoms with E-state index in [1.807, 2.05) is 13.8 Å². The van der Waals surface area contributed by atoms with Gasteiger partial charge in [-0.15, -0.1) is 0 Å². The van der Waals surface area contributed by atoms with E-state index < -0.39 is 0 Å². The zero-order valence-corrected chi connectivity index (χ0v) is 13.1. The van der Waals surface area contributed by atoms with E-state index >= 15 is 0 Å². The Hall–Kier alpha value is -2.18. The minimum Gasteiger partial charge on any atom is -0.352 e. The highest BCUT2D eigenvalue weighted by atomic mass is 16.2. The Labute approximate surface area is 130 Å². The third-order valence-corrected chi connectivity index (χ3v) is 3.08. The molecule has 0 saturated carbocycles. The number of carbonyl (C=O) groups excluding carboxylic acids is 4. The number of amides is 4. The Kier molecular flexibility index (Phi) is 7.28. The van der Waals surface area contributed by atoms with Gasteiger partial charge in [0.15, 0.2) is 0 Å². The first-order valence-electron chi connectivity index (χ1n) is 7.49. The SMILES string of the molecule is CC(C)NC(=O)CNC(=O)CCCCCN1C(=O)C=CC1=O. The lowest BCUT2D eigenvalue weighted by atomic mass is 10.2. The minimum atomic E-state index is -0.279. The van der Waals surface area contributed by atoms with Crippen LogP contribution in [0.15, 0.2) is 12.2 Å². The quantitative estimate of drug-likeness (QED) is 0.467. The second-order valence-electron chi connectivity index (χ2n) is 5.47. The molecule has 7 heteroatoms. The molecule has 2 N–H and O–H groups in total. The van der Waals surface area contributed by atoms with E-state index in [0.717, 1.165) is 6.42 Å². The Balaban J connectivity index is 2.05. The summed E-state index contributed by atoms with van der Waals surface area (Å²) in [7, 11) is 0. The van der Waals surface area contributed by atoms with Crippen LogP contribution in [0.4, 0.5) is 0 Å². The van der Waals surface area contributed by atoms with E-state index in [-0.39, 0.29) is 36.2 Å². The van der Waals surface area contributed by atoms with E-state index in [1.54, 1.807) is 0 Å². The molecule has 1 rings (SSSR count). The van der Waals surface area contributed by atoms with Gasteiger partial charge in [-0.3, -0.25) is 24.1 Å². The van der Waals surface area contributed by atoms with Gasteiger partial charge in [0, 0.05) is 31.2 Å². The topological polar surface area (TPSA) is 95.6 Å². The average molecular weight is 309 g/mol. The lowest BCUT2D eigenvalue weighted by Gasteiger charge is -2.13. The molecule has 0 saturated heterocycles. The summed E-state index contributed by atoms with van der Waals surface area (Å²) in [6.07, 6.45) is 4.91. The van der Waals surface area contributed by atoms with Crippen LogP contribution in [0.1, 0.15) is 39.5 Å². The lowest BCUT2D eigenvalue weighted by Crippen LogP contribution is -2.39. The molecule has 4 amide bonds. The maximum atomic E-state index is 11.5. The first kappa shape index (κ1) is 17.9. The van der Waals surface area contributed by atoms with Gasteiger partial charge in [-0.1, -0.05) is 6.42 Å². The van der Waals surface area contributed by atoms with Crippen molar-refractivity contribution >= 4 is 23.6 Å². The summed E-state index contributed by atoms with van der Waals surface area (Å²) in [5, 5.41) is 5.24. The van der Waals surface area contributed by atoms with Crippen molar-refractivity contribution in [3.8, 4) is 0 Å². The van der Waals surface area contributed by atoms with Crippen LogP contribution in [-0.2, 0) is 19.2 Å². The molecule has 0 aromatic heterocycles. The van der Waals surface area contributed by atoms with Gasteiger partial charge in [0.05, 0.1) is 6.54 Å². The fraction of sp³-hybridized carbons (Fsp3) is 0.600. The monoisotopic (exact) mass is 309 g/mol. The molecule has 7 nitrogen and oxygen atoms in total. The molecule has 0 spiro atoms. The van der Waals surface area contributed by atoms with Gasteiger partial charge in [0.25, 0.3) is 11.8 Å². The fourth-order valence-electron chi connectivity index (χ4n) is 2.02. The predicted molar refractivity (Wildman–Crippen MR) is 80.6 cm³/mol. The molecule has 0 bridgehead atoms. The molecule has 0 fully saturated rings. The van der Waals surface area contributed by atoms with Crippen LogP contribution in [0, 0.1) is 0 Å². The molecule has 0 atom stereocenters. The van der Waals surface area contributed by atoms with E-state index in [1.165, 1.54) is 17.1 Å². The molecule has 0 aliphatic carbocycles. The predicted octanol–water partition coefficient (Wildman–Crippen LogP) is 0.113. The van der Waals surface area contributed by atoms with Crippen molar-refractivity contribution in [2.75, 3.05) is 13.1 Å².